The van der Waals surface area contributed by atoms with Crippen LogP contribution in [0.2, 0.25) is 5.02 Å². The fourth-order valence-corrected chi connectivity index (χ4v) is 2.08. The molecule has 1 heterocycles. The second kappa shape index (κ2) is 7.58. The molecule has 0 radical (unpaired) electrons. The van der Waals surface area contributed by atoms with E-state index in [1.54, 1.807) is 0 Å². The summed E-state index contributed by atoms with van der Waals surface area (Å²) < 4.78 is 0. The van der Waals surface area contributed by atoms with Crippen LogP contribution in [0.15, 0.2) is 36.7 Å². The van der Waals surface area contributed by atoms with E-state index in [1.807, 2.05) is 31.2 Å². The molecule has 0 aliphatic heterocycles. The number of hydrogen-bond donors (Lipinski definition) is 1. The number of carbonyl (C=O) groups excluding carboxylic acids is 1. The van der Waals surface area contributed by atoms with E-state index in [9.17, 15) is 4.79 Å². The van der Waals surface area contributed by atoms with Gasteiger partial charge in [-0.3, -0.25) is 4.79 Å². The fraction of sp³-hybridized carbons (Fsp3) is 0.235. The molecule has 0 aliphatic rings. The van der Waals surface area contributed by atoms with Crippen LogP contribution in [0.4, 0.5) is 0 Å². The highest BCUT2D eigenvalue weighted by atomic mass is 35.5. The highest BCUT2D eigenvalue weighted by Crippen LogP contribution is 2.07. The topological polar surface area (TPSA) is 54.9 Å². The van der Waals surface area contributed by atoms with Gasteiger partial charge in [0.15, 0.2) is 0 Å². The minimum atomic E-state index is -0.0158. The Balaban J connectivity index is 2.00. The van der Waals surface area contributed by atoms with E-state index in [0.29, 0.717) is 10.8 Å². The number of nitrogens with zero attached hydrogens (tertiary/aromatic N) is 2. The molecule has 0 fully saturated rings. The van der Waals surface area contributed by atoms with Crippen LogP contribution in [0.25, 0.3) is 0 Å². The summed E-state index contributed by atoms with van der Waals surface area (Å²) in [5.41, 5.74) is 2.03. The predicted molar refractivity (Wildman–Crippen MR) is 86.4 cm³/mol. The van der Waals surface area contributed by atoms with Crippen LogP contribution in [-0.4, -0.2) is 21.9 Å². The molecule has 1 atom stereocenters. The van der Waals surface area contributed by atoms with Gasteiger partial charge < -0.3 is 5.32 Å². The molecule has 1 amide bonds. The van der Waals surface area contributed by atoms with Gasteiger partial charge >= 0.3 is 0 Å². The van der Waals surface area contributed by atoms with Gasteiger partial charge in [0.25, 0.3) is 0 Å². The molecule has 0 saturated carbocycles. The number of benzene rings is 1. The fourth-order valence-electron chi connectivity index (χ4n) is 1.98. The summed E-state index contributed by atoms with van der Waals surface area (Å²) in [7, 11) is 0. The first kappa shape index (κ1) is 16.0. The molecular weight excluding hydrogens is 298 g/mol. The first-order chi connectivity index (χ1) is 10.5. The molecule has 1 aromatic heterocycles. The minimum absolute atomic E-state index is 0.0158. The first-order valence-corrected chi connectivity index (χ1v) is 7.26. The van der Waals surface area contributed by atoms with Crippen molar-refractivity contribution in [3.63, 3.8) is 0 Å². The number of hydrogen-bond acceptors (Lipinski definition) is 3. The zero-order chi connectivity index (χ0) is 15.9. The van der Waals surface area contributed by atoms with Gasteiger partial charge in [0.1, 0.15) is 0 Å². The smallest absolute Gasteiger partial charge is 0.217 e. The van der Waals surface area contributed by atoms with Gasteiger partial charge in [0.05, 0.1) is 17.4 Å². The lowest BCUT2D eigenvalue weighted by atomic mass is 10.1. The number of carbonyl (C=O) groups is 1. The van der Waals surface area contributed by atoms with Crippen LogP contribution in [0.1, 0.15) is 30.8 Å². The second-order valence-electron chi connectivity index (χ2n) is 4.98. The van der Waals surface area contributed by atoms with Crippen LogP contribution in [0.5, 0.6) is 0 Å². The van der Waals surface area contributed by atoms with Gasteiger partial charge in [-0.15, -0.1) is 0 Å². The second-order valence-corrected chi connectivity index (χ2v) is 5.41. The van der Waals surface area contributed by atoms with Crippen LogP contribution in [0.3, 0.4) is 0 Å². The lowest BCUT2D eigenvalue weighted by molar-refractivity contribution is -0.119. The van der Waals surface area contributed by atoms with Crippen molar-refractivity contribution in [2.45, 2.75) is 26.3 Å². The maximum Gasteiger partial charge on any atom is 0.217 e. The van der Waals surface area contributed by atoms with E-state index in [-0.39, 0.29) is 11.9 Å². The SMILES string of the molecule is CC(=O)NC(C)Cc1ccc(C#Cc2ncc(Cl)cn2)cc1. The van der Waals surface area contributed by atoms with Crippen molar-refractivity contribution in [3.05, 3.63) is 58.6 Å². The zero-order valence-corrected chi connectivity index (χ0v) is 13.2. The monoisotopic (exact) mass is 313 g/mol. The van der Waals surface area contributed by atoms with Crippen molar-refractivity contribution in [2.24, 2.45) is 0 Å². The Morgan fingerprint density at radius 2 is 1.86 bits per heavy atom. The highest BCUT2D eigenvalue weighted by Gasteiger charge is 2.04. The molecule has 0 bridgehead atoms. The quantitative estimate of drug-likeness (QED) is 0.886. The third kappa shape index (κ3) is 5.19. The highest BCUT2D eigenvalue weighted by molar-refractivity contribution is 6.30. The summed E-state index contributed by atoms with van der Waals surface area (Å²) in [5.74, 6) is 6.31. The van der Waals surface area contributed by atoms with Crippen LogP contribution in [-0.2, 0) is 11.2 Å². The van der Waals surface area contributed by atoms with Crippen molar-refractivity contribution in [1.82, 2.24) is 15.3 Å². The van der Waals surface area contributed by atoms with E-state index in [0.717, 1.165) is 17.5 Å². The molecule has 0 aliphatic carbocycles. The Morgan fingerprint density at radius 3 is 2.45 bits per heavy atom. The Morgan fingerprint density at radius 1 is 1.23 bits per heavy atom. The summed E-state index contributed by atoms with van der Waals surface area (Å²) >= 11 is 5.72. The average molecular weight is 314 g/mol. The molecular formula is C17H16ClN3O. The average Bonchev–Trinajstić information content (AvgIpc) is 2.47. The summed E-state index contributed by atoms with van der Waals surface area (Å²) in [6.07, 6.45) is 3.82. The zero-order valence-electron chi connectivity index (χ0n) is 12.4. The van der Waals surface area contributed by atoms with Crippen LogP contribution >= 0.6 is 11.6 Å². The summed E-state index contributed by atoms with van der Waals surface area (Å²) in [5, 5.41) is 3.35. The Kier molecular flexibility index (Phi) is 5.51. The third-order valence-electron chi connectivity index (χ3n) is 2.88. The van der Waals surface area contributed by atoms with Gasteiger partial charge in [-0.1, -0.05) is 29.7 Å². The molecule has 2 aromatic rings. The number of halogens is 1. The molecule has 1 unspecified atom stereocenters. The minimum Gasteiger partial charge on any atom is -0.354 e. The Labute approximate surface area is 134 Å². The number of nitrogens with one attached hydrogen (secondary N) is 1. The molecule has 22 heavy (non-hydrogen) atoms. The van der Waals surface area contributed by atoms with Gasteiger partial charge in [-0.05, 0) is 37.0 Å². The number of aromatic nitrogens is 2. The maximum absolute atomic E-state index is 11.0. The van der Waals surface area contributed by atoms with E-state index >= 15 is 0 Å². The van der Waals surface area contributed by atoms with Crippen molar-refractivity contribution in [2.75, 3.05) is 0 Å². The molecule has 4 nitrogen and oxygen atoms in total. The van der Waals surface area contributed by atoms with E-state index in [2.05, 4.69) is 27.1 Å². The van der Waals surface area contributed by atoms with Gasteiger partial charge in [0, 0.05) is 18.5 Å². The Bertz CT molecular complexity index is 699. The third-order valence-corrected chi connectivity index (χ3v) is 3.08. The lowest BCUT2D eigenvalue weighted by Crippen LogP contribution is -2.31. The van der Waals surface area contributed by atoms with Crippen molar-refractivity contribution in [1.29, 1.82) is 0 Å². The predicted octanol–water partition coefficient (Wildman–Crippen LogP) is 2.60. The first-order valence-electron chi connectivity index (χ1n) is 6.88. The van der Waals surface area contributed by atoms with Gasteiger partial charge in [0.2, 0.25) is 11.7 Å². The van der Waals surface area contributed by atoms with E-state index in [4.69, 9.17) is 11.6 Å². The number of rotatable bonds is 3. The number of amides is 1. The largest absolute Gasteiger partial charge is 0.354 e. The molecule has 0 saturated heterocycles. The van der Waals surface area contributed by atoms with Crippen molar-refractivity contribution in [3.8, 4) is 11.8 Å². The van der Waals surface area contributed by atoms with Crippen molar-refractivity contribution < 1.29 is 4.79 Å². The molecule has 0 spiro atoms. The standard InChI is InChI=1S/C17H16ClN3O/c1-12(21-13(2)22)9-15-5-3-14(4-6-15)7-8-17-19-10-16(18)11-20-17/h3-6,10-12H,9H2,1-2H3,(H,21,22). The normalized spacial score (nSPS) is 11.2. The lowest BCUT2D eigenvalue weighted by Gasteiger charge is -2.12. The van der Waals surface area contributed by atoms with Gasteiger partial charge in [-0.2, -0.15) is 0 Å². The molecule has 1 aromatic carbocycles. The van der Waals surface area contributed by atoms with Crippen LogP contribution < -0.4 is 5.32 Å². The molecule has 112 valence electrons. The molecule has 1 N–H and O–H groups in total. The van der Waals surface area contributed by atoms with E-state index < -0.39 is 0 Å². The van der Waals surface area contributed by atoms with Crippen LogP contribution in [0, 0.1) is 11.8 Å². The molecule has 2 rings (SSSR count). The summed E-state index contributed by atoms with van der Waals surface area (Å²) in [6.45, 7) is 3.50. The summed E-state index contributed by atoms with van der Waals surface area (Å²) in [6, 6.07) is 8.00. The van der Waals surface area contributed by atoms with E-state index in [1.165, 1.54) is 19.3 Å². The Hall–Kier alpha value is -2.38. The molecule has 5 heteroatoms. The summed E-state index contributed by atoms with van der Waals surface area (Å²) in [4.78, 5) is 19.0. The maximum atomic E-state index is 11.0. The van der Waals surface area contributed by atoms with Gasteiger partial charge in [-0.25, -0.2) is 9.97 Å². The van der Waals surface area contributed by atoms with Crippen molar-refractivity contribution >= 4 is 17.5 Å².